The first-order valence-corrected chi connectivity index (χ1v) is 2.63. The number of halogens is 1. The third kappa shape index (κ3) is 5.88. The molecule has 1 rings (SSSR count). The predicted octanol–water partition coefficient (Wildman–Crippen LogP) is 0.754. The van der Waals surface area contributed by atoms with Gasteiger partial charge in [0.25, 0.3) is 0 Å². The van der Waals surface area contributed by atoms with Crippen molar-refractivity contribution in [1.82, 2.24) is 0 Å². The highest BCUT2D eigenvalue weighted by Crippen LogP contribution is 1.93. The van der Waals surface area contributed by atoms with Crippen LogP contribution in [0, 0.1) is 0 Å². The Bertz CT molecular complexity index is 45.6. The highest BCUT2D eigenvalue weighted by molar-refractivity contribution is 6.54. The van der Waals surface area contributed by atoms with E-state index in [2.05, 4.69) is 21.4 Å². The van der Waals surface area contributed by atoms with Crippen LogP contribution in [0.25, 0.3) is 0 Å². The maximum atomic E-state index is 8.57. The molecule has 1 aliphatic heterocycles. The molecule has 1 saturated heterocycles. The molecule has 0 saturated carbocycles. The highest BCUT2D eigenvalue weighted by Gasteiger charge is 1.95. The molecular formula is C4H7ClO3. The summed E-state index contributed by atoms with van der Waals surface area (Å²) in [7, 11) is 0. The van der Waals surface area contributed by atoms with Gasteiger partial charge in [-0.1, -0.05) is 0 Å². The van der Waals surface area contributed by atoms with E-state index < -0.39 is 0 Å². The van der Waals surface area contributed by atoms with Crippen molar-refractivity contribution in [1.29, 1.82) is 0 Å². The average Bonchev–Trinajstić information content (AvgIpc) is 2.17. The summed E-state index contributed by atoms with van der Waals surface area (Å²) in [4.78, 5) is 17.5. The van der Waals surface area contributed by atoms with Crippen molar-refractivity contribution >= 4 is 17.3 Å². The van der Waals surface area contributed by atoms with Crippen molar-refractivity contribution < 1.29 is 14.6 Å². The lowest BCUT2D eigenvalue weighted by molar-refractivity contribution is -0.248. The molecule has 0 bridgehead atoms. The third-order valence-electron chi connectivity index (χ3n) is 0.539. The van der Waals surface area contributed by atoms with Crippen LogP contribution in [0.5, 0.6) is 0 Å². The highest BCUT2D eigenvalue weighted by atomic mass is 35.5. The van der Waals surface area contributed by atoms with Crippen LogP contribution in [0.1, 0.15) is 6.42 Å². The second-order valence-corrected chi connectivity index (χ2v) is 1.26. The minimum atomic E-state index is 0.222. The van der Waals surface area contributed by atoms with Crippen LogP contribution in [-0.2, 0) is 14.6 Å². The number of rotatable bonds is 0. The van der Waals surface area contributed by atoms with Crippen molar-refractivity contribution in [3.05, 3.63) is 0 Å². The fourth-order valence-electron chi connectivity index (χ4n) is 0.295. The number of hydrogen-bond acceptors (Lipinski definition) is 3. The van der Waals surface area contributed by atoms with E-state index in [1.165, 1.54) is 0 Å². The SMILES string of the molecule is C1COOC1.O=CCl. The zero-order chi connectivity index (χ0) is 6.24. The quantitative estimate of drug-likeness (QED) is 0.282. The van der Waals surface area contributed by atoms with Gasteiger partial charge in [0.05, 0.1) is 13.2 Å². The van der Waals surface area contributed by atoms with E-state index >= 15 is 0 Å². The van der Waals surface area contributed by atoms with Crippen molar-refractivity contribution in [3.8, 4) is 0 Å². The van der Waals surface area contributed by atoms with Gasteiger partial charge in [-0.3, -0.25) is 4.79 Å². The normalized spacial score (nSPS) is 16.6. The number of carbonyl (C=O) groups excluding carboxylic acids is 1. The monoisotopic (exact) mass is 138 g/mol. The zero-order valence-corrected chi connectivity index (χ0v) is 5.06. The van der Waals surface area contributed by atoms with E-state index in [1.807, 2.05) is 0 Å². The topological polar surface area (TPSA) is 35.5 Å². The Morgan fingerprint density at radius 2 is 1.75 bits per heavy atom. The molecule has 0 amide bonds. The van der Waals surface area contributed by atoms with E-state index in [0.717, 1.165) is 19.6 Å². The Morgan fingerprint density at radius 1 is 1.38 bits per heavy atom. The van der Waals surface area contributed by atoms with Gasteiger partial charge in [0.1, 0.15) is 0 Å². The molecule has 0 unspecified atom stereocenters. The summed E-state index contributed by atoms with van der Waals surface area (Å²) in [6.07, 6.45) is 1.06. The van der Waals surface area contributed by atoms with Crippen molar-refractivity contribution in [2.45, 2.75) is 6.42 Å². The average molecular weight is 139 g/mol. The molecule has 0 spiro atoms. The predicted molar refractivity (Wildman–Crippen MR) is 29.1 cm³/mol. The van der Waals surface area contributed by atoms with E-state index in [-0.39, 0.29) is 5.75 Å². The van der Waals surface area contributed by atoms with Crippen LogP contribution in [-0.4, -0.2) is 19.0 Å². The largest absolute Gasteiger partial charge is 0.285 e. The molecule has 0 N–H and O–H groups in total. The summed E-state index contributed by atoms with van der Waals surface area (Å²) in [5.74, 6) is 0.222. The summed E-state index contributed by atoms with van der Waals surface area (Å²) in [6, 6.07) is 0. The standard InChI is InChI=1S/C3H6O2.CHClO/c1-2-4-5-3-1;2-1-3/h1-3H2;1H. The van der Waals surface area contributed by atoms with Crippen LogP contribution in [0.2, 0.25) is 0 Å². The number of hydrogen-bond donors (Lipinski definition) is 0. The molecular weight excluding hydrogens is 131 g/mol. The summed E-state index contributed by atoms with van der Waals surface area (Å²) in [5.41, 5.74) is 0. The zero-order valence-electron chi connectivity index (χ0n) is 4.30. The Balaban J connectivity index is 0.000000145. The van der Waals surface area contributed by atoms with E-state index in [4.69, 9.17) is 4.79 Å². The molecule has 1 fully saturated rings. The van der Waals surface area contributed by atoms with Gasteiger partial charge in [0.2, 0.25) is 5.75 Å². The first-order chi connectivity index (χ1) is 3.91. The minimum Gasteiger partial charge on any atom is -0.285 e. The second kappa shape index (κ2) is 6.88. The lowest BCUT2D eigenvalue weighted by Gasteiger charge is -1.77. The van der Waals surface area contributed by atoms with Gasteiger partial charge in [-0.25, -0.2) is 9.78 Å². The molecule has 0 aromatic rings. The number of carbonyl (C=O) groups is 1. The molecule has 0 atom stereocenters. The maximum absolute atomic E-state index is 8.57. The van der Waals surface area contributed by atoms with E-state index in [9.17, 15) is 0 Å². The molecule has 3 nitrogen and oxygen atoms in total. The molecule has 1 heterocycles. The van der Waals surface area contributed by atoms with Crippen LogP contribution < -0.4 is 0 Å². The summed E-state index contributed by atoms with van der Waals surface area (Å²) in [5, 5.41) is 0. The van der Waals surface area contributed by atoms with Gasteiger partial charge >= 0.3 is 0 Å². The Kier molecular flexibility index (Phi) is 6.78. The molecule has 4 heteroatoms. The van der Waals surface area contributed by atoms with E-state index in [0.29, 0.717) is 0 Å². The first kappa shape index (κ1) is 7.88. The van der Waals surface area contributed by atoms with Crippen LogP contribution in [0.15, 0.2) is 0 Å². The lowest BCUT2D eigenvalue weighted by atomic mass is 10.5. The first-order valence-electron chi connectivity index (χ1n) is 2.20. The summed E-state index contributed by atoms with van der Waals surface area (Å²) >= 11 is 4.32. The van der Waals surface area contributed by atoms with Crippen LogP contribution in [0.3, 0.4) is 0 Å². The smallest absolute Gasteiger partial charge is 0.208 e. The summed E-state index contributed by atoms with van der Waals surface area (Å²) in [6.45, 7) is 1.56. The maximum Gasteiger partial charge on any atom is 0.208 e. The van der Waals surface area contributed by atoms with Crippen LogP contribution in [0.4, 0.5) is 0 Å². The molecule has 8 heavy (non-hydrogen) atoms. The third-order valence-corrected chi connectivity index (χ3v) is 0.539. The van der Waals surface area contributed by atoms with Crippen molar-refractivity contribution in [3.63, 3.8) is 0 Å². The minimum absolute atomic E-state index is 0.222. The Morgan fingerprint density at radius 3 is 1.88 bits per heavy atom. The van der Waals surface area contributed by atoms with Crippen molar-refractivity contribution in [2.75, 3.05) is 13.2 Å². The van der Waals surface area contributed by atoms with Gasteiger partial charge in [-0.2, -0.15) is 0 Å². The molecule has 1 aliphatic rings. The van der Waals surface area contributed by atoms with Gasteiger partial charge in [-0.05, 0) is 11.6 Å². The van der Waals surface area contributed by atoms with Crippen molar-refractivity contribution in [2.24, 2.45) is 0 Å². The fourth-order valence-corrected chi connectivity index (χ4v) is 0.295. The second-order valence-electron chi connectivity index (χ2n) is 1.09. The molecule has 0 aliphatic carbocycles. The van der Waals surface area contributed by atoms with Gasteiger partial charge in [-0.15, -0.1) is 0 Å². The van der Waals surface area contributed by atoms with Crippen LogP contribution >= 0.6 is 11.6 Å². The van der Waals surface area contributed by atoms with E-state index in [1.54, 1.807) is 0 Å². The molecule has 0 radical (unpaired) electrons. The molecule has 48 valence electrons. The molecule has 0 aromatic carbocycles. The van der Waals surface area contributed by atoms with Gasteiger partial charge in [0.15, 0.2) is 0 Å². The van der Waals surface area contributed by atoms with Gasteiger partial charge < -0.3 is 0 Å². The summed E-state index contributed by atoms with van der Waals surface area (Å²) < 4.78 is 0. The fraction of sp³-hybridized carbons (Fsp3) is 0.750. The Labute approximate surface area is 52.5 Å². The lowest BCUT2D eigenvalue weighted by Crippen LogP contribution is -1.72. The molecule has 0 aromatic heterocycles. The Hall–Kier alpha value is -0.120. The van der Waals surface area contributed by atoms with Gasteiger partial charge in [0, 0.05) is 6.42 Å².